The summed E-state index contributed by atoms with van der Waals surface area (Å²) in [5, 5.41) is 0. The number of nitrogens with zero attached hydrogens (tertiary/aromatic N) is 1. The summed E-state index contributed by atoms with van der Waals surface area (Å²) in [6, 6.07) is 9.27. The number of pyridine rings is 1. The van der Waals surface area contributed by atoms with Crippen LogP contribution in [0, 0.1) is 0 Å². The summed E-state index contributed by atoms with van der Waals surface area (Å²) in [7, 11) is 0. The zero-order valence-corrected chi connectivity index (χ0v) is 10.6. The van der Waals surface area contributed by atoms with Gasteiger partial charge in [-0.3, -0.25) is 9.78 Å². The number of hydrogen-bond acceptors (Lipinski definition) is 4. The van der Waals surface area contributed by atoms with E-state index in [0.29, 0.717) is 5.56 Å². The van der Waals surface area contributed by atoms with Crippen LogP contribution in [0.4, 0.5) is 5.69 Å². The third-order valence-corrected chi connectivity index (χ3v) is 3.28. The first-order valence-electron chi connectivity index (χ1n) is 6.15. The Hall–Kier alpha value is -2.36. The standard InChI is InChI=1S/C15H14N2O2/c1-9(18)10-2-4-13(17-8-10)15-7-11-6-12(16)3-5-14(11)19-15/h2-6,8,15H,7,16H2,1H3. The van der Waals surface area contributed by atoms with Gasteiger partial charge in [-0.05, 0) is 37.3 Å². The maximum Gasteiger partial charge on any atom is 0.161 e. The van der Waals surface area contributed by atoms with E-state index in [2.05, 4.69) is 4.98 Å². The van der Waals surface area contributed by atoms with Gasteiger partial charge in [0.1, 0.15) is 11.9 Å². The molecule has 0 saturated carbocycles. The number of hydrogen-bond donors (Lipinski definition) is 1. The second kappa shape index (κ2) is 4.39. The lowest BCUT2D eigenvalue weighted by molar-refractivity contribution is 0.101. The number of aromatic nitrogens is 1. The van der Waals surface area contributed by atoms with Gasteiger partial charge in [0.05, 0.1) is 5.69 Å². The monoisotopic (exact) mass is 254 g/mol. The average Bonchev–Trinajstić information content (AvgIpc) is 2.81. The third-order valence-electron chi connectivity index (χ3n) is 3.28. The molecule has 0 radical (unpaired) electrons. The topological polar surface area (TPSA) is 65.2 Å². The van der Waals surface area contributed by atoms with E-state index in [1.807, 2.05) is 24.3 Å². The molecule has 1 aliphatic heterocycles. The summed E-state index contributed by atoms with van der Waals surface area (Å²) < 4.78 is 5.85. The van der Waals surface area contributed by atoms with Crippen LogP contribution in [0.5, 0.6) is 5.75 Å². The number of nitrogens with two attached hydrogens (primary N) is 1. The highest BCUT2D eigenvalue weighted by Crippen LogP contribution is 2.36. The minimum absolute atomic E-state index is 0.0162. The van der Waals surface area contributed by atoms with Crippen LogP contribution in [-0.2, 0) is 6.42 Å². The Kier molecular flexibility index (Phi) is 2.71. The lowest BCUT2D eigenvalue weighted by Gasteiger charge is -2.10. The highest BCUT2D eigenvalue weighted by atomic mass is 16.5. The van der Waals surface area contributed by atoms with Crippen molar-refractivity contribution >= 4 is 11.5 Å². The highest BCUT2D eigenvalue weighted by molar-refractivity contribution is 5.93. The minimum atomic E-state index is -0.0993. The molecule has 1 aromatic carbocycles. The van der Waals surface area contributed by atoms with Crippen LogP contribution < -0.4 is 10.5 Å². The molecule has 0 fully saturated rings. The van der Waals surface area contributed by atoms with Gasteiger partial charge < -0.3 is 10.5 Å². The van der Waals surface area contributed by atoms with E-state index >= 15 is 0 Å². The molecule has 2 heterocycles. The van der Waals surface area contributed by atoms with Crippen LogP contribution in [-0.4, -0.2) is 10.8 Å². The van der Waals surface area contributed by atoms with Crippen molar-refractivity contribution in [2.75, 3.05) is 5.73 Å². The average molecular weight is 254 g/mol. The SMILES string of the molecule is CC(=O)c1ccc(C2Cc3cc(N)ccc3O2)nc1. The van der Waals surface area contributed by atoms with Gasteiger partial charge in [0.25, 0.3) is 0 Å². The number of rotatable bonds is 2. The largest absolute Gasteiger partial charge is 0.483 e. The first kappa shape index (κ1) is 11.7. The van der Waals surface area contributed by atoms with Crippen molar-refractivity contribution in [1.82, 2.24) is 4.98 Å². The summed E-state index contributed by atoms with van der Waals surface area (Å²) in [4.78, 5) is 15.5. The van der Waals surface area contributed by atoms with Crippen molar-refractivity contribution < 1.29 is 9.53 Å². The molecule has 4 nitrogen and oxygen atoms in total. The van der Waals surface area contributed by atoms with E-state index in [1.54, 1.807) is 12.3 Å². The van der Waals surface area contributed by atoms with Gasteiger partial charge in [-0.25, -0.2) is 0 Å². The summed E-state index contributed by atoms with van der Waals surface area (Å²) in [6.45, 7) is 1.53. The zero-order valence-electron chi connectivity index (χ0n) is 10.6. The van der Waals surface area contributed by atoms with Crippen LogP contribution in [0.1, 0.15) is 34.6 Å². The molecule has 1 atom stereocenters. The number of carbonyl (C=O) groups is 1. The lowest BCUT2D eigenvalue weighted by atomic mass is 10.1. The van der Waals surface area contributed by atoms with Crippen molar-refractivity contribution in [2.24, 2.45) is 0 Å². The number of benzene rings is 1. The Labute approximate surface area is 111 Å². The fraction of sp³-hybridized carbons (Fsp3) is 0.200. The van der Waals surface area contributed by atoms with Gasteiger partial charge in [0, 0.05) is 29.4 Å². The van der Waals surface area contributed by atoms with Crippen molar-refractivity contribution in [1.29, 1.82) is 0 Å². The van der Waals surface area contributed by atoms with Crippen LogP contribution in [0.25, 0.3) is 0 Å². The molecule has 1 aromatic heterocycles. The lowest BCUT2D eigenvalue weighted by Crippen LogP contribution is -2.06. The quantitative estimate of drug-likeness (QED) is 0.660. The number of anilines is 1. The summed E-state index contributed by atoms with van der Waals surface area (Å²) in [5.74, 6) is 0.874. The predicted octanol–water partition coefficient (Wildman–Crippen LogP) is 2.54. The highest BCUT2D eigenvalue weighted by Gasteiger charge is 2.25. The summed E-state index contributed by atoms with van der Waals surface area (Å²) >= 11 is 0. The van der Waals surface area contributed by atoms with Crippen molar-refractivity contribution in [3.05, 3.63) is 53.3 Å². The minimum Gasteiger partial charge on any atom is -0.483 e. The fourth-order valence-corrected chi connectivity index (χ4v) is 2.24. The molecule has 0 saturated heterocycles. The number of carbonyl (C=O) groups excluding carboxylic acids is 1. The second-order valence-electron chi connectivity index (χ2n) is 4.71. The Morgan fingerprint density at radius 1 is 1.37 bits per heavy atom. The summed E-state index contributed by atoms with van der Waals surface area (Å²) in [6.07, 6.45) is 2.25. The van der Waals surface area contributed by atoms with Gasteiger partial charge in [-0.15, -0.1) is 0 Å². The summed E-state index contributed by atoms with van der Waals surface area (Å²) in [5.41, 5.74) is 9.05. The van der Waals surface area contributed by atoms with Crippen molar-refractivity contribution in [3.8, 4) is 5.75 Å². The first-order valence-corrected chi connectivity index (χ1v) is 6.15. The normalized spacial score (nSPS) is 16.8. The van der Waals surface area contributed by atoms with Crippen molar-refractivity contribution in [3.63, 3.8) is 0 Å². The molecule has 4 heteroatoms. The number of Topliss-reactive ketones (excluding diaryl/α,β-unsaturated/α-hetero) is 1. The Bertz CT molecular complexity index is 635. The Morgan fingerprint density at radius 3 is 2.89 bits per heavy atom. The zero-order chi connectivity index (χ0) is 13.4. The molecule has 1 unspecified atom stereocenters. The van der Waals surface area contributed by atoms with Crippen LogP contribution in [0.3, 0.4) is 0 Å². The first-order chi connectivity index (χ1) is 9.13. The van der Waals surface area contributed by atoms with Gasteiger partial charge in [0.15, 0.2) is 5.78 Å². The molecule has 96 valence electrons. The van der Waals surface area contributed by atoms with Gasteiger partial charge in [0.2, 0.25) is 0 Å². The molecule has 0 aliphatic carbocycles. The molecule has 1 aliphatic rings. The van der Waals surface area contributed by atoms with Gasteiger partial charge >= 0.3 is 0 Å². The van der Waals surface area contributed by atoms with Crippen LogP contribution in [0.2, 0.25) is 0 Å². The Balaban J connectivity index is 1.84. The predicted molar refractivity (Wildman–Crippen MR) is 72.2 cm³/mol. The maximum atomic E-state index is 11.2. The number of ketones is 1. The third kappa shape index (κ3) is 2.17. The van der Waals surface area contributed by atoms with E-state index in [4.69, 9.17) is 10.5 Å². The maximum absolute atomic E-state index is 11.2. The number of ether oxygens (including phenoxy) is 1. The molecule has 19 heavy (non-hydrogen) atoms. The molecule has 2 aromatic rings. The molecular formula is C15H14N2O2. The van der Waals surface area contributed by atoms with Gasteiger partial charge in [-0.1, -0.05) is 0 Å². The van der Waals surface area contributed by atoms with Crippen LogP contribution >= 0.6 is 0 Å². The molecule has 0 bridgehead atoms. The van der Waals surface area contributed by atoms with E-state index < -0.39 is 0 Å². The fourth-order valence-electron chi connectivity index (χ4n) is 2.24. The molecule has 0 spiro atoms. The molecule has 0 amide bonds. The van der Waals surface area contributed by atoms with Crippen LogP contribution in [0.15, 0.2) is 36.5 Å². The Morgan fingerprint density at radius 2 is 2.21 bits per heavy atom. The molecular weight excluding hydrogens is 240 g/mol. The smallest absolute Gasteiger partial charge is 0.161 e. The van der Waals surface area contributed by atoms with Gasteiger partial charge in [-0.2, -0.15) is 0 Å². The van der Waals surface area contributed by atoms with E-state index in [0.717, 1.165) is 29.1 Å². The van der Waals surface area contributed by atoms with Crippen molar-refractivity contribution in [2.45, 2.75) is 19.4 Å². The molecule has 3 rings (SSSR count). The number of nitrogen functional groups attached to an aromatic ring is 1. The number of fused-ring (bicyclic) bond motifs is 1. The van der Waals surface area contributed by atoms with E-state index in [-0.39, 0.29) is 11.9 Å². The van der Waals surface area contributed by atoms with E-state index in [9.17, 15) is 4.79 Å². The molecule has 2 N–H and O–H groups in total. The second-order valence-corrected chi connectivity index (χ2v) is 4.71. The van der Waals surface area contributed by atoms with E-state index in [1.165, 1.54) is 6.92 Å².